The fourth-order valence-electron chi connectivity index (χ4n) is 3.24. The minimum atomic E-state index is -1.78. The summed E-state index contributed by atoms with van der Waals surface area (Å²) in [6.07, 6.45) is -5.55. The van der Waals surface area contributed by atoms with Gasteiger partial charge in [0, 0.05) is 6.54 Å². The second kappa shape index (κ2) is 7.72. The zero-order valence-electron chi connectivity index (χ0n) is 15.0. The molecule has 1 aromatic rings. The highest BCUT2D eigenvalue weighted by Gasteiger charge is 2.48. The van der Waals surface area contributed by atoms with Crippen LogP contribution in [0.5, 0.6) is 0 Å². The number of benzene rings is 1. The van der Waals surface area contributed by atoms with Gasteiger partial charge in [0.25, 0.3) is 0 Å². The lowest BCUT2D eigenvalue weighted by atomic mass is 9.98. The zero-order chi connectivity index (χ0) is 20.5. The Kier molecular flexibility index (Phi) is 5.11. The normalized spacial score (nSPS) is 27.1. The van der Waals surface area contributed by atoms with Gasteiger partial charge in [-0.25, -0.2) is 19.7 Å². The molecule has 0 amide bonds. The second-order valence-corrected chi connectivity index (χ2v) is 6.64. The van der Waals surface area contributed by atoms with Crippen LogP contribution in [0.4, 0.5) is 5.82 Å². The molecule has 1 fully saturated rings. The number of aliphatic hydroxyl groups excluding tert-OH is 3. The maximum Gasteiger partial charge on any atom is 0.335 e. The van der Waals surface area contributed by atoms with Crippen LogP contribution >= 0.6 is 0 Å². The Balaban J connectivity index is 1.63. The van der Waals surface area contributed by atoms with Crippen LogP contribution in [0.25, 0.3) is 11.5 Å². The first-order chi connectivity index (χ1) is 14.0. The van der Waals surface area contributed by atoms with Crippen LogP contribution < -0.4 is 5.32 Å². The number of hydrogen-bond donors (Lipinski definition) is 5. The molecule has 0 spiro atoms. The lowest BCUT2D eigenvalue weighted by Gasteiger charge is -2.39. The molecule has 0 aromatic heterocycles. The van der Waals surface area contributed by atoms with Gasteiger partial charge in [-0.3, -0.25) is 4.57 Å². The predicted octanol–water partition coefficient (Wildman–Crippen LogP) is -0.545. The molecule has 152 valence electrons. The Morgan fingerprint density at radius 3 is 2.55 bits per heavy atom. The Morgan fingerprint density at radius 1 is 1.07 bits per heavy atom. The number of fused-ring (bicyclic) bond motifs is 1. The molecule has 1 saturated heterocycles. The molecule has 1 unspecified atom stereocenters. The molecular formula is C18H19N5O6. The number of carbonyl (C=O) groups is 1. The van der Waals surface area contributed by atoms with Crippen molar-refractivity contribution >= 4 is 11.8 Å². The van der Waals surface area contributed by atoms with Crippen LogP contribution in [-0.4, -0.2) is 70.3 Å². The molecule has 3 heterocycles. The number of rotatable bonds is 5. The van der Waals surface area contributed by atoms with Crippen LogP contribution in [0.15, 0.2) is 43.0 Å². The van der Waals surface area contributed by atoms with E-state index in [2.05, 4.69) is 20.3 Å². The molecule has 5 N–H and O–H groups in total. The topological polar surface area (TPSA) is 163 Å². The summed E-state index contributed by atoms with van der Waals surface area (Å²) in [5.74, 6) is -0.751. The number of carboxylic acids is 1. The molecule has 0 aliphatic carbocycles. The Hall–Kier alpha value is -3.12. The molecule has 5 atom stereocenters. The van der Waals surface area contributed by atoms with Crippen LogP contribution in [-0.2, 0) is 16.1 Å². The van der Waals surface area contributed by atoms with Crippen LogP contribution in [0, 0.1) is 0 Å². The lowest BCUT2D eigenvalue weighted by Crippen LogP contribution is -2.57. The summed E-state index contributed by atoms with van der Waals surface area (Å²) in [4.78, 5) is 23.9. The average Bonchev–Trinajstić information content (AvgIpc) is 3.21. The maximum absolute atomic E-state index is 11.3. The van der Waals surface area contributed by atoms with Gasteiger partial charge in [-0.2, -0.15) is 0 Å². The first kappa shape index (κ1) is 19.2. The van der Waals surface area contributed by atoms with E-state index in [1.807, 2.05) is 30.3 Å². The molecule has 0 radical (unpaired) electrons. The number of anilines is 1. The summed E-state index contributed by atoms with van der Waals surface area (Å²) in [6.45, 7) is 0.494. The van der Waals surface area contributed by atoms with E-state index in [1.54, 1.807) is 0 Å². The van der Waals surface area contributed by atoms with Gasteiger partial charge < -0.3 is 30.5 Å². The van der Waals surface area contributed by atoms with Crippen molar-refractivity contribution in [2.24, 2.45) is 0 Å². The Bertz CT molecular complexity index is 966. The third kappa shape index (κ3) is 3.51. The predicted molar refractivity (Wildman–Crippen MR) is 97.8 cm³/mol. The van der Waals surface area contributed by atoms with Gasteiger partial charge >= 0.3 is 5.97 Å². The van der Waals surface area contributed by atoms with E-state index in [0.29, 0.717) is 18.1 Å². The largest absolute Gasteiger partial charge is 0.479 e. The highest BCUT2D eigenvalue weighted by atomic mass is 16.6. The van der Waals surface area contributed by atoms with E-state index >= 15 is 0 Å². The van der Waals surface area contributed by atoms with Gasteiger partial charge in [0.05, 0.1) is 0 Å². The smallest absolute Gasteiger partial charge is 0.335 e. The van der Waals surface area contributed by atoms with E-state index < -0.39 is 36.6 Å². The zero-order valence-corrected chi connectivity index (χ0v) is 15.0. The number of nitrogens with one attached hydrogen (secondary N) is 1. The van der Waals surface area contributed by atoms with E-state index in [9.17, 15) is 25.2 Å². The van der Waals surface area contributed by atoms with Gasteiger partial charge in [-0.05, 0) is 5.56 Å². The first-order valence-electron chi connectivity index (χ1n) is 8.85. The molecule has 1 aromatic carbocycles. The van der Waals surface area contributed by atoms with E-state index in [0.717, 1.165) is 5.56 Å². The molecule has 3 aliphatic rings. The van der Waals surface area contributed by atoms with Gasteiger partial charge in [0.15, 0.2) is 29.7 Å². The number of hydrogen-bond acceptors (Lipinski definition) is 9. The van der Waals surface area contributed by atoms with Crippen molar-refractivity contribution in [2.45, 2.75) is 37.2 Å². The molecule has 29 heavy (non-hydrogen) atoms. The Labute approximate surface area is 164 Å². The van der Waals surface area contributed by atoms with E-state index in [4.69, 9.17) is 4.74 Å². The summed E-state index contributed by atoms with van der Waals surface area (Å²) >= 11 is 0. The fraction of sp³-hybridized carbons (Fsp3) is 0.333. The van der Waals surface area contributed by atoms with Gasteiger partial charge in [0.1, 0.15) is 31.0 Å². The molecule has 11 nitrogen and oxygen atoms in total. The van der Waals surface area contributed by atoms with Crippen molar-refractivity contribution in [2.75, 3.05) is 5.32 Å². The summed E-state index contributed by atoms with van der Waals surface area (Å²) in [6, 6.07) is 9.66. The summed E-state index contributed by atoms with van der Waals surface area (Å²) in [5, 5.41) is 42.7. The number of nitrogens with zero attached hydrogens (tertiary/aromatic N) is 4. The minimum absolute atomic E-state index is 0.271. The number of aliphatic hydroxyl groups is 3. The summed E-state index contributed by atoms with van der Waals surface area (Å²) in [5.41, 5.74) is 1.41. The highest BCUT2D eigenvalue weighted by Crippen LogP contribution is 2.33. The molecule has 3 aliphatic heterocycles. The third-order valence-electron chi connectivity index (χ3n) is 4.77. The molecule has 11 heteroatoms. The highest BCUT2D eigenvalue weighted by molar-refractivity contribution is 5.73. The number of aliphatic carboxylic acids is 1. The van der Waals surface area contributed by atoms with E-state index in [-0.39, 0.29) is 5.82 Å². The standard InChI is InChI=1S/C18H19N5O6/c24-11-12(25)14(18(27)28)29-17(13(11)26)23-8-22-15(10-16(23)21-7-20-10)19-6-9-4-2-1-3-5-9/h1-5,7-8,11-14,17,19,24-26H,6H2,(H,27,28)/t11-,12-,13+,14-,17?/m0/s1. The van der Waals surface area contributed by atoms with Crippen molar-refractivity contribution < 1.29 is 30.0 Å². The van der Waals surface area contributed by atoms with Gasteiger partial charge in [-0.1, -0.05) is 30.3 Å². The monoisotopic (exact) mass is 401 g/mol. The van der Waals surface area contributed by atoms with Crippen LogP contribution in [0.1, 0.15) is 11.8 Å². The SMILES string of the molecule is O=C(O)[C@H]1OC(n2cnc(NCc3ccccc3)c3ncnc2-3)[C@H](O)[C@@H](O)[C@@H]1O. The van der Waals surface area contributed by atoms with Crippen molar-refractivity contribution in [3.05, 3.63) is 48.5 Å². The number of ether oxygens (including phenoxy) is 1. The summed E-state index contributed by atoms with van der Waals surface area (Å²) < 4.78 is 6.63. The average molecular weight is 401 g/mol. The second-order valence-electron chi connectivity index (χ2n) is 6.64. The Morgan fingerprint density at radius 2 is 1.83 bits per heavy atom. The first-order valence-corrected chi connectivity index (χ1v) is 8.85. The molecular weight excluding hydrogens is 382 g/mol. The lowest BCUT2D eigenvalue weighted by molar-refractivity contribution is -0.246. The van der Waals surface area contributed by atoms with Crippen molar-refractivity contribution in [3.8, 4) is 11.5 Å². The number of aromatic nitrogens is 4. The fourth-order valence-corrected chi connectivity index (χ4v) is 3.24. The number of imidazole rings is 1. The molecule has 0 saturated carbocycles. The quantitative estimate of drug-likeness (QED) is 0.375. The van der Waals surface area contributed by atoms with Crippen molar-refractivity contribution in [3.63, 3.8) is 0 Å². The molecule has 4 rings (SSSR count). The maximum atomic E-state index is 11.3. The van der Waals surface area contributed by atoms with Crippen LogP contribution in [0.2, 0.25) is 0 Å². The number of carboxylic acid groups (broad SMARTS) is 1. The van der Waals surface area contributed by atoms with Crippen LogP contribution in [0.3, 0.4) is 0 Å². The molecule has 0 bridgehead atoms. The third-order valence-corrected chi connectivity index (χ3v) is 4.77. The minimum Gasteiger partial charge on any atom is -0.479 e. The van der Waals surface area contributed by atoms with Crippen molar-refractivity contribution in [1.82, 2.24) is 19.5 Å². The van der Waals surface area contributed by atoms with Crippen molar-refractivity contribution in [1.29, 1.82) is 0 Å². The van der Waals surface area contributed by atoms with Gasteiger partial charge in [-0.15, -0.1) is 0 Å². The van der Waals surface area contributed by atoms with E-state index in [1.165, 1.54) is 17.2 Å². The summed E-state index contributed by atoms with van der Waals surface area (Å²) in [7, 11) is 0. The van der Waals surface area contributed by atoms with Gasteiger partial charge in [0.2, 0.25) is 0 Å².